The third-order valence-corrected chi connectivity index (χ3v) is 3.96. The lowest BCUT2D eigenvalue weighted by molar-refractivity contribution is -0.121. The minimum absolute atomic E-state index is 0.000226. The van der Waals surface area contributed by atoms with Gasteiger partial charge >= 0.3 is 0 Å². The molecule has 1 saturated heterocycles. The van der Waals surface area contributed by atoms with E-state index in [2.05, 4.69) is 5.32 Å². The van der Waals surface area contributed by atoms with Gasteiger partial charge in [-0.05, 0) is 36.4 Å². The van der Waals surface area contributed by atoms with E-state index in [1.807, 2.05) is 43.3 Å². The predicted octanol–water partition coefficient (Wildman–Crippen LogP) is 2.64. The number of para-hydroxylation sites is 1. The number of imide groups is 1. The molecule has 6 heteroatoms. The molecule has 124 valence electrons. The number of anilines is 3. The zero-order chi connectivity index (χ0) is 17.3. The zero-order valence-corrected chi connectivity index (χ0v) is 13.5. The summed E-state index contributed by atoms with van der Waals surface area (Å²) in [5.41, 5.74) is 1.77. The highest BCUT2D eigenvalue weighted by Crippen LogP contribution is 2.27. The summed E-state index contributed by atoms with van der Waals surface area (Å²) >= 11 is 0. The van der Waals surface area contributed by atoms with Gasteiger partial charge in [0.05, 0.1) is 12.1 Å². The number of benzene rings is 2. The number of halogens is 1. The summed E-state index contributed by atoms with van der Waals surface area (Å²) in [6, 6.07) is 12.6. The molecule has 1 unspecified atom stereocenters. The van der Waals surface area contributed by atoms with Crippen molar-refractivity contribution in [1.82, 2.24) is 0 Å². The number of rotatable bonds is 4. The Bertz CT molecular complexity index is 774. The molecule has 0 radical (unpaired) electrons. The molecule has 1 aliphatic rings. The molecule has 2 aromatic rings. The van der Waals surface area contributed by atoms with E-state index in [4.69, 9.17) is 0 Å². The molecule has 2 amide bonds. The minimum Gasteiger partial charge on any atom is -0.378 e. The Morgan fingerprint density at radius 2 is 1.75 bits per heavy atom. The number of hydrogen-bond acceptors (Lipinski definition) is 4. The van der Waals surface area contributed by atoms with E-state index < -0.39 is 23.7 Å². The lowest BCUT2D eigenvalue weighted by Gasteiger charge is -2.17. The first kappa shape index (κ1) is 16.0. The molecular formula is C18H18FN3O2. The van der Waals surface area contributed by atoms with Crippen molar-refractivity contribution in [3.8, 4) is 0 Å². The molecule has 0 aliphatic carbocycles. The van der Waals surface area contributed by atoms with Crippen LogP contribution in [-0.2, 0) is 9.59 Å². The van der Waals surface area contributed by atoms with Gasteiger partial charge < -0.3 is 10.2 Å². The summed E-state index contributed by atoms with van der Waals surface area (Å²) in [4.78, 5) is 27.6. The van der Waals surface area contributed by atoms with Crippen LogP contribution < -0.4 is 15.1 Å². The van der Waals surface area contributed by atoms with Crippen LogP contribution in [0.1, 0.15) is 6.42 Å². The third kappa shape index (κ3) is 2.95. The normalized spacial score (nSPS) is 17.3. The summed E-state index contributed by atoms with van der Waals surface area (Å²) in [6.07, 6.45) is 0.00258. The maximum atomic E-state index is 13.9. The van der Waals surface area contributed by atoms with Gasteiger partial charge in [0, 0.05) is 25.5 Å². The van der Waals surface area contributed by atoms with Crippen molar-refractivity contribution < 1.29 is 14.0 Å². The number of hydrogen-bond donors (Lipinski definition) is 1. The quantitative estimate of drug-likeness (QED) is 0.877. The first-order chi connectivity index (χ1) is 11.5. The van der Waals surface area contributed by atoms with Crippen LogP contribution in [0.25, 0.3) is 0 Å². The van der Waals surface area contributed by atoms with E-state index in [1.165, 1.54) is 18.2 Å². The second kappa shape index (κ2) is 6.31. The van der Waals surface area contributed by atoms with Gasteiger partial charge in [-0.25, -0.2) is 9.29 Å². The van der Waals surface area contributed by atoms with E-state index in [0.717, 1.165) is 16.3 Å². The molecule has 5 nitrogen and oxygen atoms in total. The van der Waals surface area contributed by atoms with Crippen LogP contribution in [0.5, 0.6) is 0 Å². The summed E-state index contributed by atoms with van der Waals surface area (Å²) in [7, 11) is 3.88. The Morgan fingerprint density at radius 3 is 2.38 bits per heavy atom. The molecule has 1 N–H and O–H groups in total. The SMILES string of the molecule is CN(C)c1ccc(NC2CC(=O)N(c3ccccc3F)C2=O)cc1. The minimum atomic E-state index is -0.692. The molecule has 1 fully saturated rings. The topological polar surface area (TPSA) is 52.7 Å². The molecule has 0 spiro atoms. The molecule has 1 heterocycles. The van der Waals surface area contributed by atoms with Gasteiger partial charge in [-0.1, -0.05) is 12.1 Å². The Labute approximate surface area is 139 Å². The summed E-state index contributed by atoms with van der Waals surface area (Å²) < 4.78 is 13.9. The van der Waals surface area contributed by atoms with Crippen molar-refractivity contribution in [2.75, 3.05) is 29.2 Å². The fourth-order valence-corrected chi connectivity index (χ4v) is 2.69. The van der Waals surface area contributed by atoms with Crippen LogP contribution >= 0.6 is 0 Å². The lowest BCUT2D eigenvalue weighted by atomic mass is 10.2. The maximum absolute atomic E-state index is 13.9. The van der Waals surface area contributed by atoms with E-state index in [9.17, 15) is 14.0 Å². The average molecular weight is 327 g/mol. The molecule has 24 heavy (non-hydrogen) atoms. The monoisotopic (exact) mass is 327 g/mol. The number of carbonyl (C=O) groups is 2. The van der Waals surface area contributed by atoms with E-state index >= 15 is 0 Å². The molecule has 2 aromatic carbocycles. The zero-order valence-electron chi connectivity index (χ0n) is 13.5. The van der Waals surface area contributed by atoms with Gasteiger partial charge in [0.1, 0.15) is 11.9 Å². The van der Waals surface area contributed by atoms with Crippen LogP contribution in [0, 0.1) is 5.82 Å². The van der Waals surface area contributed by atoms with E-state index in [0.29, 0.717) is 0 Å². The number of amides is 2. The fraction of sp³-hybridized carbons (Fsp3) is 0.222. The summed E-state index contributed by atoms with van der Waals surface area (Å²) in [5, 5.41) is 3.05. The highest BCUT2D eigenvalue weighted by Gasteiger charge is 2.40. The molecule has 3 rings (SSSR count). The van der Waals surface area contributed by atoms with Crippen LogP contribution in [0.4, 0.5) is 21.5 Å². The van der Waals surface area contributed by atoms with Crippen LogP contribution in [0.15, 0.2) is 48.5 Å². The number of carbonyl (C=O) groups excluding carboxylic acids is 2. The Morgan fingerprint density at radius 1 is 1.08 bits per heavy atom. The average Bonchev–Trinajstić information content (AvgIpc) is 2.83. The van der Waals surface area contributed by atoms with Crippen molar-refractivity contribution >= 4 is 28.9 Å². The van der Waals surface area contributed by atoms with Crippen molar-refractivity contribution in [2.24, 2.45) is 0 Å². The Hall–Kier alpha value is -2.89. The molecule has 0 aromatic heterocycles. The predicted molar refractivity (Wildman–Crippen MR) is 91.7 cm³/mol. The van der Waals surface area contributed by atoms with Gasteiger partial charge in [-0.2, -0.15) is 0 Å². The fourth-order valence-electron chi connectivity index (χ4n) is 2.69. The first-order valence-corrected chi connectivity index (χ1v) is 7.62. The Kier molecular flexibility index (Phi) is 4.20. The molecular weight excluding hydrogens is 309 g/mol. The highest BCUT2D eigenvalue weighted by molar-refractivity contribution is 6.23. The van der Waals surface area contributed by atoms with Crippen molar-refractivity contribution in [3.05, 3.63) is 54.3 Å². The van der Waals surface area contributed by atoms with Gasteiger partial charge in [0.25, 0.3) is 5.91 Å². The van der Waals surface area contributed by atoms with Crippen LogP contribution in [-0.4, -0.2) is 32.0 Å². The van der Waals surface area contributed by atoms with Crippen LogP contribution in [0.3, 0.4) is 0 Å². The maximum Gasteiger partial charge on any atom is 0.256 e. The third-order valence-electron chi connectivity index (χ3n) is 3.96. The van der Waals surface area contributed by atoms with Crippen molar-refractivity contribution in [1.29, 1.82) is 0 Å². The molecule has 0 saturated carbocycles. The standard InChI is InChI=1S/C18H18FN3O2/c1-21(2)13-9-7-12(8-10-13)20-15-11-17(23)22(18(15)24)16-6-4-3-5-14(16)19/h3-10,15,20H,11H2,1-2H3. The smallest absolute Gasteiger partial charge is 0.256 e. The number of nitrogens with one attached hydrogen (secondary N) is 1. The van der Waals surface area contributed by atoms with Crippen LogP contribution in [0.2, 0.25) is 0 Å². The second-order valence-electron chi connectivity index (χ2n) is 5.86. The van der Waals surface area contributed by atoms with Gasteiger partial charge in [-0.3, -0.25) is 9.59 Å². The van der Waals surface area contributed by atoms with Gasteiger partial charge in [0.2, 0.25) is 5.91 Å². The van der Waals surface area contributed by atoms with Gasteiger partial charge in [-0.15, -0.1) is 0 Å². The van der Waals surface area contributed by atoms with E-state index in [1.54, 1.807) is 6.07 Å². The van der Waals surface area contributed by atoms with Crippen molar-refractivity contribution in [2.45, 2.75) is 12.5 Å². The van der Waals surface area contributed by atoms with E-state index in [-0.39, 0.29) is 12.1 Å². The first-order valence-electron chi connectivity index (χ1n) is 7.62. The highest BCUT2D eigenvalue weighted by atomic mass is 19.1. The number of nitrogens with zero attached hydrogens (tertiary/aromatic N) is 2. The molecule has 1 atom stereocenters. The lowest BCUT2D eigenvalue weighted by Crippen LogP contribution is -2.35. The summed E-state index contributed by atoms with van der Waals surface area (Å²) in [6.45, 7) is 0. The molecule has 1 aliphatic heterocycles. The molecule has 0 bridgehead atoms. The largest absolute Gasteiger partial charge is 0.378 e. The summed E-state index contributed by atoms with van der Waals surface area (Å²) in [5.74, 6) is -1.44. The van der Waals surface area contributed by atoms with Gasteiger partial charge in [0.15, 0.2) is 0 Å². The Balaban J connectivity index is 1.78. The second-order valence-corrected chi connectivity index (χ2v) is 5.86. The van der Waals surface area contributed by atoms with Crippen molar-refractivity contribution in [3.63, 3.8) is 0 Å².